The number of hydrogen-bond acceptors (Lipinski definition) is 4. The van der Waals surface area contributed by atoms with E-state index in [1.165, 1.54) is 19.2 Å². The minimum Gasteiger partial charge on any atom is -0.494 e. The Morgan fingerprint density at radius 1 is 1.42 bits per heavy atom. The second kappa shape index (κ2) is 8.72. The number of methoxy groups -OCH3 is 1. The summed E-state index contributed by atoms with van der Waals surface area (Å²) < 4.78 is 23.4. The molecular weight excluding hydrogens is 249 g/mol. The summed E-state index contributed by atoms with van der Waals surface area (Å²) >= 11 is 0. The van der Waals surface area contributed by atoms with Gasteiger partial charge in [0.15, 0.2) is 0 Å². The van der Waals surface area contributed by atoms with Crippen molar-refractivity contribution in [1.82, 2.24) is 0 Å². The Bertz CT molecular complexity index is 374. The zero-order chi connectivity index (χ0) is 14.1. The van der Waals surface area contributed by atoms with Gasteiger partial charge in [-0.1, -0.05) is 13.3 Å². The van der Waals surface area contributed by atoms with Gasteiger partial charge in [0.1, 0.15) is 11.6 Å². The van der Waals surface area contributed by atoms with Crippen LogP contribution in [0.15, 0.2) is 18.2 Å². The molecule has 0 aliphatic rings. The molecule has 1 atom stereocenters. The third-order valence-corrected chi connectivity index (χ3v) is 2.64. The highest BCUT2D eigenvalue weighted by molar-refractivity contribution is 5.56. The topological polar surface area (TPSA) is 50.7 Å². The van der Waals surface area contributed by atoms with Crippen molar-refractivity contribution in [1.29, 1.82) is 0 Å². The number of halogens is 1. The van der Waals surface area contributed by atoms with Crippen molar-refractivity contribution < 1.29 is 19.0 Å². The molecular formula is C14H22FNO3. The lowest BCUT2D eigenvalue weighted by molar-refractivity contribution is 0.0421. The highest BCUT2D eigenvalue weighted by Gasteiger charge is 2.08. The molecule has 1 unspecified atom stereocenters. The molecule has 1 rings (SSSR count). The van der Waals surface area contributed by atoms with E-state index in [4.69, 9.17) is 9.47 Å². The minimum atomic E-state index is -0.605. The normalized spacial score (nSPS) is 12.2. The Balaban J connectivity index is 2.35. The maximum absolute atomic E-state index is 13.0. The van der Waals surface area contributed by atoms with Crippen molar-refractivity contribution in [2.75, 3.05) is 32.2 Å². The first kappa shape index (κ1) is 15.7. The maximum atomic E-state index is 13.0. The number of aliphatic hydroxyl groups is 1. The lowest BCUT2D eigenvalue weighted by Crippen LogP contribution is -2.25. The average molecular weight is 271 g/mol. The molecule has 0 saturated carbocycles. The van der Waals surface area contributed by atoms with Crippen LogP contribution >= 0.6 is 0 Å². The van der Waals surface area contributed by atoms with Crippen LogP contribution in [0.1, 0.15) is 19.8 Å². The van der Waals surface area contributed by atoms with Gasteiger partial charge in [-0.3, -0.25) is 0 Å². The Labute approximate surface area is 113 Å². The number of ether oxygens (including phenoxy) is 2. The Morgan fingerprint density at radius 3 is 2.89 bits per heavy atom. The van der Waals surface area contributed by atoms with Gasteiger partial charge in [0.2, 0.25) is 0 Å². The van der Waals surface area contributed by atoms with Gasteiger partial charge >= 0.3 is 0 Å². The van der Waals surface area contributed by atoms with Crippen LogP contribution in [-0.4, -0.2) is 38.1 Å². The average Bonchev–Trinajstić information content (AvgIpc) is 2.42. The Morgan fingerprint density at radius 2 is 2.21 bits per heavy atom. The van der Waals surface area contributed by atoms with Gasteiger partial charge in [-0.15, -0.1) is 0 Å². The third kappa shape index (κ3) is 5.89. The number of aliphatic hydroxyl groups excluding tert-OH is 1. The molecule has 0 amide bonds. The number of anilines is 1. The zero-order valence-electron chi connectivity index (χ0n) is 11.5. The molecule has 2 N–H and O–H groups in total. The number of unbranched alkanes of at least 4 members (excludes halogenated alkanes) is 1. The quantitative estimate of drug-likeness (QED) is 0.677. The van der Waals surface area contributed by atoms with E-state index in [2.05, 4.69) is 12.2 Å². The van der Waals surface area contributed by atoms with Crippen LogP contribution in [0.4, 0.5) is 10.1 Å². The van der Waals surface area contributed by atoms with Gasteiger partial charge in [-0.2, -0.15) is 0 Å². The molecule has 0 aliphatic heterocycles. The number of hydrogen-bond donors (Lipinski definition) is 2. The molecule has 0 spiro atoms. The summed E-state index contributed by atoms with van der Waals surface area (Å²) in [5.41, 5.74) is 0.650. The SMILES string of the molecule is CCCCOCC(O)CNc1ccc(F)cc1OC. The van der Waals surface area contributed by atoms with E-state index in [9.17, 15) is 9.50 Å². The van der Waals surface area contributed by atoms with Crippen LogP contribution in [0.25, 0.3) is 0 Å². The third-order valence-electron chi connectivity index (χ3n) is 2.64. The standard InChI is InChI=1S/C14H22FNO3/c1-3-4-7-19-10-12(17)9-16-13-6-5-11(15)8-14(13)18-2/h5-6,8,12,16-17H,3-4,7,9-10H2,1-2H3. The van der Waals surface area contributed by atoms with Crippen molar-refractivity contribution in [2.45, 2.75) is 25.9 Å². The number of nitrogens with one attached hydrogen (secondary N) is 1. The van der Waals surface area contributed by atoms with Gasteiger partial charge in [0.05, 0.1) is 25.5 Å². The van der Waals surface area contributed by atoms with Crippen LogP contribution in [0.2, 0.25) is 0 Å². The molecule has 0 heterocycles. The lowest BCUT2D eigenvalue weighted by atomic mass is 10.2. The molecule has 108 valence electrons. The second-order valence-corrected chi connectivity index (χ2v) is 4.31. The highest BCUT2D eigenvalue weighted by Crippen LogP contribution is 2.24. The van der Waals surface area contributed by atoms with Crippen LogP contribution in [0.3, 0.4) is 0 Å². The number of benzene rings is 1. The van der Waals surface area contributed by atoms with Gasteiger partial charge < -0.3 is 19.9 Å². The molecule has 0 bridgehead atoms. The molecule has 0 saturated heterocycles. The lowest BCUT2D eigenvalue weighted by Gasteiger charge is -2.15. The largest absolute Gasteiger partial charge is 0.494 e. The van der Waals surface area contributed by atoms with Crippen molar-refractivity contribution in [3.8, 4) is 5.75 Å². The molecule has 5 heteroatoms. The van der Waals surface area contributed by atoms with E-state index in [0.717, 1.165) is 12.8 Å². The van der Waals surface area contributed by atoms with Gasteiger partial charge in [-0.25, -0.2) is 4.39 Å². The predicted molar refractivity (Wildman–Crippen MR) is 73.2 cm³/mol. The van der Waals surface area contributed by atoms with E-state index in [1.807, 2.05) is 0 Å². The fourth-order valence-corrected chi connectivity index (χ4v) is 1.56. The molecule has 19 heavy (non-hydrogen) atoms. The first-order chi connectivity index (χ1) is 9.17. The van der Waals surface area contributed by atoms with Crippen molar-refractivity contribution in [3.05, 3.63) is 24.0 Å². The minimum absolute atomic E-state index is 0.288. The molecule has 0 aliphatic carbocycles. The van der Waals surface area contributed by atoms with E-state index in [0.29, 0.717) is 24.6 Å². The van der Waals surface area contributed by atoms with E-state index >= 15 is 0 Å². The van der Waals surface area contributed by atoms with Crippen molar-refractivity contribution in [2.24, 2.45) is 0 Å². The molecule has 4 nitrogen and oxygen atoms in total. The highest BCUT2D eigenvalue weighted by atomic mass is 19.1. The van der Waals surface area contributed by atoms with Crippen molar-refractivity contribution in [3.63, 3.8) is 0 Å². The fourth-order valence-electron chi connectivity index (χ4n) is 1.56. The zero-order valence-corrected chi connectivity index (χ0v) is 11.5. The van der Waals surface area contributed by atoms with Gasteiger partial charge in [0.25, 0.3) is 0 Å². The molecule has 0 aromatic heterocycles. The second-order valence-electron chi connectivity index (χ2n) is 4.31. The van der Waals surface area contributed by atoms with Crippen LogP contribution < -0.4 is 10.1 Å². The van der Waals surface area contributed by atoms with Crippen LogP contribution in [0.5, 0.6) is 5.75 Å². The first-order valence-corrected chi connectivity index (χ1v) is 6.50. The fraction of sp³-hybridized carbons (Fsp3) is 0.571. The molecule has 1 aromatic carbocycles. The van der Waals surface area contributed by atoms with Gasteiger partial charge in [-0.05, 0) is 18.6 Å². The summed E-state index contributed by atoms with van der Waals surface area (Å²) in [5, 5.41) is 12.7. The van der Waals surface area contributed by atoms with E-state index in [-0.39, 0.29) is 12.4 Å². The van der Waals surface area contributed by atoms with E-state index < -0.39 is 6.10 Å². The monoisotopic (exact) mass is 271 g/mol. The van der Waals surface area contributed by atoms with Crippen molar-refractivity contribution >= 4 is 5.69 Å². The molecule has 1 aromatic rings. The van der Waals surface area contributed by atoms with Gasteiger partial charge in [0, 0.05) is 19.2 Å². The van der Waals surface area contributed by atoms with Crippen LogP contribution in [-0.2, 0) is 4.74 Å². The maximum Gasteiger partial charge on any atom is 0.144 e. The first-order valence-electron chi connectivity index (χ1n) is 6.50. The summed E-state index contributed by atoms with van der Waals surface area (Å²) in [6.45, 7) is 3.36. The summed E-state index contributed by atoms with van der Waals surface area (Å²) in [6.07, 6.45) is 1.46. The summed E-state index contributed by atoms with van der Waals surface area (Å²) in [7, 11) is 1.48. The summed E-state index contributed by atoms with van der Waals surface area (Å²) in [6, 6.07) is 4.22. The summed E-state index contributed by atoms with van der Waals surface area (Å²) in [5.74, 6) is 0.0601. The smallest absolute Gasteiger partial charge is 0.144 e. The Hall–Kier alpha value is -1.33. The molecule has 0 fully saturated rings. The predicted octanol–water partition coefficient (Wildman–Crippen LogP) is 2.42. The molecule has 0 radical (unpaired) electrons. The van der Waals surface area contributed by atoms with Crippen LogP contribution in [0, 0.1) is 5.82 Å². The number of rotatable bonds is 9. The Kier molecular flexibility index (Phi) is 7.22. The summed E-state index contributed by atoms with van der Waals surface area (Å²) in [4.78, 5) is 0. The van der Waals surface area contributed by atoms with E-state index in [1.54, 1.807) is 6.07 Å².